The summed E-state index contributed by atoms with van der Waals surface area (Å²) in [6, 6.07) is 14.1. The summed E-state index contributed by atoms with van der Waals surface area (Å²) in [7, 11) is 0. The number of nitrogens with zero attached hydrogens (tertiary/aromatic N) is 2. The third kappa shape index (κ3) is 2.71. The number of aromatic nitrogens is 2. The van der Waals surface area contributed by atoms with Crippen LogP contribution in [0, 0.1) is 0 Å². The Labute approximate surface area is 187 Å². The molecular weight excluding hydrogens is 429 g/mol. The fraction of sp³-hybridized carbons (Fsp3) is 0.231. The van der Waals surface area contributed by atoms with Crippen molar-refractivity contribution in [3.8, 4) is 22.3 Å². The Hall–Kier alpha value is -3.61. The molecule has 0 aliphatic heterocycles. The number of carboxylic acid groups (broad SMARTS) is 1. The number of pyridine rings is 1. The average Bonchev–Trinajstić information content (AvgIpc) is 3.36. The third-order valence-corrected chi connectivity index (χ3v) is 7.19. The number of hydrogen-bond donors (Lipinski definition) is 0. The first-order valence-electron chi connectivity index (χ1n) is 10.8. The van der Waals surface area contributed by atoms with Gasteiger partial charge in [0.05, 0.1) is 5.97 Å². The molecular formula is C26H18F3N2O2-. The first-order chi connectivity index (χ1) is 15.8. The zero-order valence-electron chi connectivity index (χ0n) is 17.4. The molecule has 0 saturated heterocycles. The number of carboxylic acids is 1. The molecule has 2 aliphatic carbocycles. The summed E-state index contributed by atoms with van der Waals surface area (Å²) in [5, 5.41) is 12.5. The van der Waals surface area contributed by atoms with Gasteiger partial charge in [0.1, 0.15) is 11.3 Å². The second kappa shape index (κ2) is 6.70. The summed E-state index contributed by atoms with van der Waals surface area (Å²) in [5.41, 5.74) is 3.97. The molecule has 2 aliphatic rings. The molecule has 0 bridgehead atoms. The maximum absolute atomic E-state index is 13.6. The van der Waals surface area contributed by atoms with Crippen LogP contribution >= 0.6 is 0 Å². The van der Waals surface area contributed by atoms with Crippen molar-refractivity contribution in [1.29, 1.82) is 0 Å². The molecule has 0 unspecified atom stereocenters. The fourth-order valence-electron chi connectivity index (χ4n) is 5.52. The number of halogens is 3. The maximum atomic E-state index is 13.6. The van der Waals surface area contributed by atoms with Gasteiger partial charge in [-0.05, 0) is 64.8 Å². The SMILES string of the molecule is O=C([O-])C1(c2c(-c3ccc(C(F)(F)F)n4ccnc34)ccc3c2Cc2ccccc2-3)CCC1. The Kier molecular flexibility index (Phi) is 4.07. The molecule has 4 nitrogen and oxygen atoms in total. The highest BCUT2D eigenvalue weighted by Crippen LogP contribution is 2.53. The Bertz CT molecular complexity index is 1450. The first-order valence-corrected chi connectivity index (χ1v) is 10.8. The number of aliphatic carboxylic acids is 1. The van der Waals surface area contributed by atoms with Crippen LogP contribution in [-0.4, -0.2) is 15.4 Å². The Morgan fingerprint density at radius 1 is 0.970 bits per heavy atom. The minimum absolute atomic E-state index is 0.148. The highest BCUT2D eigenvalue weighted by atomic mass is 19.4. The zero-order chi connectivity index (χ0) is 23.0. The predicted molar refractivity (Wildman–Crippen MR) is 114 cm³/mol. The maximum Gasteiger partial charge on any atom is 0.431 e. The van der Waals surface area contributed by atoms with Crippen LogP contribution in [0.3, 0.4) is 0 Å². The molecule has 2 heterocycles. The van der Waals surface area contributed by atoms with Crippen LogP contribution in [0.15, 0.2) is 60.9 Å². The lowest BCUT2D eigenvalue weighted by Gasteiger charge is -2.45. The van der Waals surface area contributed by atoms with E-state index in [1.54, 1.807) is 0 Å². The second-order valence-corrected chi connectivity index (χ2v) is 8.82. The van der Waals surface area contributed by atoms with Gasteiger partial charge in [-0.1, -0.05) is 42.8 Å². The predicted octanol–water partition coefficient (Wildman–Crippen LogP) is 4.76. The summed E-state index contributed by atoms with van der Waals surface area (Å²) in [4.78, 5) is 16.7. The molecule has 0 N–H and O–H groups in total. The standard InChI is InChI=1S/C26H19F3N2O2/c27-26(28,29)21-9-8-19(23-30-12-13-31(21)23)18-7-6-17-16-5-2-1-4-15(16)14-20(17)22(18)25(24(32)33)10-3-11-25/h1-2,4-9,12-13H,3,10-11,14H2,(H,32,33)/p-1. The monoisotopic (exact) mass is 447 g/mol. The van der Waals surface area contributed by atoms with Crippen molar-refractivity contribution in [3.63, 3.8) is 0 Å². The highest BCUT2D eigenvalue weighted by molar-refractivity contribution is 5.93. The second-order valence-electron chi connectivity index (χ2n) is 8.82. The van der Waals surface area contributed by atoms with Crippen LogP contribution in [0.1, 0.15) is 41.6 Å². The molecule has 1 saturated carbocycles. The Morgan fingerprint density at radius 2 is 1.70 bits per heavy atom. The lowest BCUT2D eigenvalue weighted by molar-refractivity contribution is -0.317. The number of hydrogen-bond acceptors (Lipinski definition) is 3. The van der Waals surface area contributed by atoms with Gasteiger partial charge in [0.25, 0.3) is 0 Å². The van der Waals surface area contributed by atoms with E-state index < -0.39 is 23.3 Å². The molecule has 0 radical (unpaired) electrons. The van der Waals surface area contributed by atoms with Gasteiger partial charge in [0.2, 0.25) is 0 Å². The molecule has 2 aromatic heterocycles. The zero-order valence-corrected chi connectivity index (χ0v) is 17.4. The van der Waals surface area contributed by atoms with Crippen molar-refractivity contribution in [2.75, 3.05) is 0 Å². The molecule has 2 aromatic carbocycles. The molecule has 6 rings (SSSR count). The Balaban J connectivity index is 1.66. The van der Waals surface area contributed by atoms with Gasteiger partial charge in [-0.25, -0.2) is 4.98 Å². The van der Waals surface area contributed by atoms with Gasteiger partial charge in [-0.2, -0.15) is 13.2 Å². The van der Waals surface area contributed by atoms with Crippen LogP contribution in [0.2, 0.25) is 0 Å². The van der Waals surface area contributed by atoms with Crippen molar-refractivity contribution >= 4 is 11.6 Å². The normalized spacial score (nSPS) is 16.3. The summed E-state index contributed by atoms with van der Waals surface area (Å²) in [5.74, 6) is -1.13. The van der Waals surface area contributed by atoms with Gasteiger partial charge in [0.15, 0.2) is 0 Å². The molecule has 7 heteroatoms. The molecule has 4 aromatic rings. The summed E-state index contributed by atoms with van der Waals surface area (Å²) < 4.78 is 41.7. The summed E-state index contributed by atoms with van der Waals surface area (Å²) >= 11 is 0. The van der Waals surface area contributed by atoms with E-state index in [4.69, 9.17) is 0 Å². The van der Waals surface area contributed by atoms with Crippen LogP contribution < -0.4 is 5.11 Å². The third-order valence-electron chi connectivity index (χ3n) is 7.19. The van der Waals surface area contributed by atoms with Crippen LogP contribution in [0.4, 0.5) is 13.2 Å². The molecule has 33 heavy (non-hydrogen) atoms. The molecule has 0 amide bonds. The van der Waals surface area contributed by atoms with Crippen molar-refractivity contribution in [2.45, 2.75) is 37.3 Å². The van der Waals surface area contributed by atoms with Gasteiger partial charge >= 0.3 is 6.18 Å². The van der Waals surface area contributed by atoms with Crippen molar-refractivity contribution in [2.24, 2.45) is 0 Å². The summed E-state index contributed by atoms with van der Waals surface area (Å²) in [6.07, 6.45) is 0.295. The molecule has 166 valence electrons. The Morgan fingerprint density at radius 3 is 2.39 bits per heavy atom. The molecule has 0 spiro atoms. The molecule has 0 atom stereocenters. The van der Waals surface area contributed by atoms with E-state index in [9.17, 15) is 23.1 Å². The van der Waals surface area contributed by atoms with Gasteiger partial charge in [0, 0.05) is 23.4 Å². The minimum atomic E-state index is -4.54. The quantitative estimate of drug-likeness (QED) is 0.401. The van der Waals surface area contributed by atoms with Crippen molar-refractivity contribution in [1.82, 2.24) is 9.38 Å². The number of fused-ring (bicyclic) bond motifs is 4. The fourth-order valence-corrected chi connectivity index (χ4v) is 5.52. The minimum Gasteiger partial charge on any atom is -0.549 e. The lowest BCUT2D eigenvalue weighted by atomic mass is 9.61. The van der Waals surface area contributed by atoms with Crippen LogP contribution in [0.5, 0.6) is 0 Å². The highest BCUT2D eigenvalue weighted by Gasteiger charge is 2.45. The van der Waals surface area contributed by atoms with E-state index in [1.807, 2.05) is 36.4 Å². The van der Waals surface area contributed by atoms with E-state index in [1.165, 1.54) is 18.5 Å². The largest absolute Gasteiger partial charge is 0.549 e. The number of benzene rings is 2. The summed E-state index contributed by atoms with van der Waals surface area (Å²) in [6.45, 7) is 0. The van der Waals surface area contributed by atoms with Crippen molar-refractivity contribution < 1.29 is 23.1 Å². The van der Waals surface area contributed by atoms with E-state index in [0.29, 0.717) is 36.0 Å². The van der Waals surface area contributed by atoms with Gasteiger partial charge < -0.3 is 9.90 Å². The number of rotatable bonds is 3. The number of carbonyl (C=O) groups is 1. The number of imidazole rings is 1. The van der Waals surface area contributed by atoms with Crippen molar-refractivity contribution in [3.05, 3.63) is 83.3 Å². The molecule has 1 fully saturated rings. The average molecular weight is 447 g/mol. The van der Waals surface area contributed by atoms with Gasteiger partial charge in [-0.15, -0.1) is 0 Å². The van der Waals surface area contributed by atoms with E-state index in [-0.39, 0.29) is 5.65 Å². The number of alkyl halides is 3. The van der Waals surface area contributed by atoms with E-state index in [2.05, 4.69) is 4.98 Å². The topological polar surface area (TPSA) is 57.4 Å². The number of carbonyl (C=O) groups excluding carboxylic acids is 1. The van der Waals surface area contributed by atoms with Gasteiger partial charge in [-0.3, -0.25) is 4.40 Å². The van der Waals surface area contributed by atoms with E-state index in [0.717, 1.165) is 39.1 Å². The van der Waals surface area contributed by atoms with Crippen LogP contribution in [0.25, 0.3) is 27.9 Å². The lowest BCUT2D eigenvalue weighted by Crippen LogP contribution is -2.51. The van der Waals surface area contributed by atoms with Crippen LogP contribution in [-0.2, 0) is 22.8 Å². The first kappa shape index (κ1) is 20.0. The van der Waals surface area contributed by atoms with E-state index >= 15 is 0 Å². The smallest absolute Gasteiger partial charge is 0.431 e.